The molecule has 0 aliphatic carbocycles. The Labute approximate surface area is 213 Å². The van der Waals surface area contributed by atoms with Crippen molar-refractivity contribution in [1.82, 2.24) is 4.98 Å². The molecule has 35 heavy (non-hydrogen) atoms. The fourth-order valence-corrected chi connectivity index (χ4v) is 5.79. The molecule has 1 aromatic heterocycles. The minimum atomic E-state index is -0.119. The summed E-state index contributed by atoms with van der Waals surface area (Å²) in [7, 11) is 0. The number of nitrogens with zero attached hydrogens (tertiary/aromatic N) is 2. The van der Waals surface area contributed by atoms with Crippen LogP contribution in [0.1, 0.15) is 22.2 Å². The number of fused-ring (bicyclic) bond motifs is 1. The molecule has 6 rings (SSSR count). The number of thiazole rings is 1. The van der Waals surface area contributed by atoms with E-state index in [2.05, 4.69) is 77.7 Å². The molecule has 3 nitrogen and oxygen atoms in total. The maximum atomic E-state index is 6.86. The SMILES string of the molecule is NC1=C(c2nc3ccccc3s2)N(c2ccccc2)C(c2ccc(Cl)cc2)C(c2ccccc2)=C1. The lowest BCUT2D eigenvalue weighted by Crippen LogP contribution is -2.33. The van der Waals surface area contributed by atoms with Gasteiger partial charge >= 0.3 is 0 Å². The number of halogens is 1. The second-order valence-electron chi connectivity index (χ2n) is 8.42. The third-order valence-corrected chi connectivity index (χ3v) is 7.50. The first kappa shape index (κ1) is 21.7. The number of allylic oxidation sites excluding steroid dienone is 1. The van der Waals surface area contributed by atoms with Gasteiger partial charge in [0.25, 0.3) is 0 Å². The van der Waals surface area contributed by atoms with Gasteiger partial charge < -0.3 is 10.6 Å². The minimum absolute atomic E-state index is 0.119. The van der Waals surface area contributed by atoms with Crippen LogP contribution >= 0.6 is 22.9 Å². The van der Waals surface area contributed by atoms with Gasteiger partial charge in [-0.25, -0.2) is 4.98 Å². The highest BCUT2D eigenvalue weighted by Gasteiger charge is 2.35. The van der Waals surface area contributed by atoms with E-state index in [-0.39, 0.29) is 6.04 Å². The maximum Gasteiger partial charge on any atom is 0.143 e. The normalized spacial score (nSPS) is 16.0. The van der Waals surface area contributed by atoms with Crippen molar-refractivity contribution in [3.05, 3.63) is 142 Å². The molecule has 1 unspecified atom stereocenters. The number of hydrogen-bond acceptors (Lipinski definition) is 4. The smallest absolute Gasteiger partial charge is 0.143 e. The lowest BCUT2D eigenvalue weighted by atomic mass is 9.87. The zero-order chi connectivity index (χ0) is 23.8. The van der Waals surface area contributed by atoms with Crippen LogP contribution in [-0.2, 0) is 0 Å². The number of hydrogen-bond donors (Lipinski definition) is 1. The average Bonchev–Trinajstić information content (AvgIpc) is 3.33. The summed E-state index contributed by atoms with van der Waals surface area (Å²) >= 11 is 7.95. The molecule has 1 aliphatic rings. The highest BCUT2D eigenvalue weighted by atomic mass is 35.5. The Morgan fingerprint density at radius 3 is 2.14 bits per heavy atom. The van der Waals surface area contributed by atoms with Crippen LogP contribution in [0.2, 0.25) is 5.02 Å². The van der Waals surface area contributed by atoms with E-state index in [1.54, 1.807) is 11.3 Å². The fourth-order valence-electron chi connectivity index (χ4n) is 4.63. The van der Waals surface area contributed by atoms with Crippen molar-refractivity contribution in [3.63, 3.8) is 0 Å². The summed E-state index contributed by atoms with van der Waals surface area (Å²) in [6, 6.07) is 37.0. The Bertz CT molecular complexity index is 1520. The maximum absolute atomic E-state index is 6.86. The number of aromatic nitrogens is 1. The highest BCUT2D eigenvalue weighted by molar-refractivity contribution is 7.19. The third kappa shape index (κ3) is 4.01. The first-order valence-electron chi connectivity index (χ1n) is 11.4. The topological polar surface area (TPSA) is 42.1 Å². The summed E-state index contributed by atoms with van der Waals surface area (Å²) < 4.78 is 1.14. The Morgan fingerprint density at radius 2 is 1.43 bits per heavy atom. The second kappa shape index (κ2) is 9.06. The van der Waals surface area contributed by atoms with Crippen molar-refractivity contribution in [1.29, 1.82) is 0 Å². The molecule has 0 amide bonds. The molecule has 2 N–H and O–H groups in total. The Hall–Kier alpha value is -3.86. The first-order valence-corrected chi connectivity index (χ1v) is 12.6. The predicted molar refractivity (Wildman–Crippen MR) is 148 cm³/mol. The first-order chi connectivity index (χ1) is 17.2. The van der Waals surface area contributed by atoms with Crippen LogP contribution in [0, 0.1) is 0 Å². The Kier molecular flexibility index (Phi) is 5.61. The van der Waals surface area contributed by atoms with E-state index in [1.165, 1.54) is 0 Å². The van der Waals surface area contributed by atoms with E-state index in [9.17, 15) is 0 Å². The van der Waals surface area contributed by atoms with Gasteiger partial charge in [0.2, 0.25) is 0 Å². The van der Waals surface area contributed by atoms with E-state index in [0.29, 0.717) is 10.7 Å². The number of benzene rings is 4. The van der Waals surface area contributed by atoms with Crippen LogP contribution in [0.5, 0.6) is 0 Å². The molecule has 0 fully saturated rings. The van der Waals surface area contributed by atoms with Gasteiger partial charge in [-0.05, 0) is 59.2 Å². The Morgan fingerprint density at radius 1 is 0.771 bits per heavy atom. The summed E-state index contributed by atoms with van der Waals surface area (Å²) in [6.07, 6.45) is 2.11. The lowest BCUT2D eigenvalue weighted by molar-refractivity contribution is 0.858. The van der Waals surface area contributed by atoms with Gasteiger partial charge in [0, 0.05) is 10.7 Å². The van der Waals surface area contributed by atoms with Crippen LogP contribution < -0.4 is 10.6 Å². The molecular weight excluding hydrogens is 470 g/mol. The van der Waals surface area contributed by atoms with E-state index in [0.717, 1.165) is 43.3 Å². The molecule has 1 atom stereocenters. The molecular formula is C30H22ClN3S. The summed E-state index contributed by atoms with van der Waals surface area (Å²) in [5.74, 6) is 0. The summed E-state index contributed by atoms with van der Waals surface area (Å²) in [5, 5.41) is 1.61. The molecule has 0 saturated carbocycles. The van der Waals surface area contributed by atoms with Gasteiger partial charge in [0.05, 0.1) is 22.0 Å². The van der Waals surface area contributed by atoms with Crippen LogP contribution in [0.15, 0.2) is 121 Å². The molecule has 0 bridgehead atoms. The monoisotopic (exact) mass is 491 g/mol. The molecule has 4 aromatic carbocycles. The van der Waals surface area contributed by atoms with Crippen molar-refractivity contribution in [2.75, 3.05) is 4.90 Å². The molecule has 2 heterocycles. The second-order valence-corrected chi connectivity index (χ2v) is 9.88. The van der Waals surface area contributed by atoms with Crippen LogP contribution in [0.4, 0.5) is 5.69 Å². The standard InChI is InChI=1S/C30H22ClN3S/c31-22-17-15-21(16-18-22)28-24(20-9-3-1-4-10-20)19-25(32)29(34(28)23-11-5-2-6-12-23)30-33-26-13-7-8-14-27(26)35-30/h1-19,28H,32H2. The van der Waals surface area contributed by atoms with Crippen molar-refractivity contribution < 1.29 is 0 Å². The Balaban J connectivity index is 1.64. The van der Waals surface area contributed by atoms with Gasteiger partial charge in [0.1, 0.15) is 10.7 Å². The molecule has 170 valence electrons. The van der Waals surface area contributed by atoms with Gasteiger partial charge in [-0.2, -0.15) is 0 Å². The van der Waals surface area contributed by atoms with E-state index < -0.39 is 0 Å². The van der Waals surface area contributed by atoms with Crippen molar-refractivity contribution in [2.45, 2.75) is 6.04 Å². The fraction of sp³-hybridized carbons (Fsp3) is 0.0333. The van der Waals surface area contributed by atoms with Crippen molar-refractivity contribution >= 4 is 50.1 Å². The number of para-hydroxylation sites is 2. The van der Waals surface area contributed by atoms with Gasteiger partial charge in [-0.3, -0.25) is 0 Å². The number of nitrogens with two attached hydrogens (primary N) is 1. The lowest BCUT2D eigenvalue weighted by Gasteiger charge is -2.40. The van der Waals surface area contributed by atoms with E-state index >= 15 is 0 Å². The van der Waals surface area contributed by atoms with Gasteiger partial charge in [-0.15, -0.1) is 11.3 Å². The third-order valence-electron chi connectivity index (χ3n) is 6.20. The van der Waals surface area contributed by atoms with Crippen LogP contribution in [0.3, 0.4) is 0 Å². The zero-order valence-corrected chi connectivity index (χ0v) is 20.4. The van der Waals surface area contributed by atoms with E-state index in [1.807, 2.05) is 42.5 Å². The molecule has 5 aromatic rings. The highest BCUT2D eigenvalue weighted by Crippen LogP contribution is 2.47. The predicted octanol–water partition coefficient (Wildman–Crippen LogP) is 7.92. The van der Waals surface area contributed by atoms with Crippen molar-refractivity contribution in [3.8, 4) is 0 Å². The van der Waals surface area contributed by atoms with Crippen LogP contribution in [0.25, 0.3) is 21.5 Å². The molecule has 1 aliphatic heterocycles. The van der Waals surface area contributed by atoms with E-state index in [4.69, 9.17) is 22.3 Å². The summed E-state index contributed by atoms with van der Waals surface area (Å²) in [5.41, 5.74) is 13.9. The molecule has 5 heteroatoms. The quantitative estimate of drug-likeness (QED) is 0.277. The average molecular weight is 492 g/mol. The number of rotatable bonds is 4. The van der Waals surface area contributed by atoms with Crippen molar-refractivity contribution in [2.24, 2.45) is 5.73 Å². The zero-order valence-electron chi connectivity index (χ0n) is 18.8. The summed E-state index contributed by atoms with van der Waals surface area (Å²) in [4.78, 5) is 7.31. The largest absolute Gasteiger partial charge is 0.397 e. The number of anilines is 1. The van der Waals surface area contributed by atoms with Gasteiger partial charge in [0.15, 0.2) is 0 Å². The molecule has 0 spiro atoms. The summed E-state index contributed by atoms with van der Waals surface area (Å²) in [6.45, 7) is 0. The minimum Gasteiger partial charge on any atom is -0.397 e. The van der Waals surface area contributed by atoms with Crippen LogP contribution in [-0.4, -0.2) is 4.98 Å². The van der Waals surface area contributed by atoms with Gasteiger partial charge in [-0.1, -0.05) is 84.4 Å². The molecule has 0 saturated heterocycles. The molecule has 0 radical (unpaired) electrons.